The van der Waals surface area contributed by atoms with Crippen LogP contribution in [0.25, 0.3) is 0 Å². The van der Waals surface area contributed by atoms with Crippen LogP contribution < -0.4 is 0 Å². The summed E-state index contributed by atoms with van der Waals surface area (Å²) in [6.45, 7) is 7.27. The lowest BCUT2D eigenvalue weighted by Gasteiger charge is -2.15. The van der Waals surface area contributed by atoms with E-state index in [0.29, 0.717) is 12.0 Å². The molecule has 0 aliphatic carbocycles. The fourth-order valence-electron chi connectivity index (χ4n) is 1.25. The van der Waals surface area contributed by atoms with Crippen molar-refractivity contribution < 1.29 is 9.47 Å². The van der Waals surface area contributed by atoms with Gasteiger partial charge in [-0.25, -0.2) is 0 Å². The summed E-state index contributed by atoms with van der Waals surface area (Å²) in [7, 11) is 0. The standard InChI is InChI=1S/C9H18O2/c1-4-7(3)8-6-10-9(5-2)11-8/h7-9H,4-6H2,1-3H3. The molecular weight excluding hydrogens is 140 g/mol. The molecule has 0 amide bonds. The molecular formula is C9H18O2. The van der Waals surface area contributed by atoms with Gasteiger partial charge in [-0.05, 0) is 12.3 Å². The summed E-state index contributed by atoms with van der Waals surface area (Å²) in [5.74, 6) is 0.631. The van der Waals surface area contributed by atoms with E-state index in [4.69, 9.17) is 9.47 Å². The van der Waals surface area contributed by atoms with Gasteiger partial charge in [0.15, 0.2) is 6.29 Å². The zero-order valence-corrected chi connectivity index (χ0v) is 7.67. The maximum Gasteiger partial charge on any atom is 0.157 e. The van der Waals surface area contributed by atoms with Crippen molar-refractivity contribution >= 4 is 0 Å². The van der Waals surface area contributed by atoms with Crippen molar-refractivity contribution in [1.29, 1.82) is 0 Å². The Balaban J connectivity index is 2.29. The molecule has 3 unspecified atom stereocenters. The topological polar surface area (TPSA) is 18.5 Å². The van der Waals surface area contributed by atoms with Crippen molar-refractivity contribution in [2.45, 2.75) is 46.0 Å². The summed E-state index contributed by atoms with van der Waals surface area (Å²) < 4.78 is 11.1. The Morgan fingerprint density at radius 2 is 2.18 bits per heavy atom. The first-order chi connectivity index (χ1) is 5.27. The van der Waals surface area contributed by atoms with Crippen molar-refractivity contribution in [3.63, 3.8) is 0 Å². The average molecular weight is 158 g/mol. The Labute approximate surface area is 68.9 Å². The highest BCUT2D eigenvalue weighted by Crippen LogP contribution is 2.21. The minimum Gasteiger partial charge on any atom is -0.350 e. The Hall–Kier alpha value is -0.0800. The van der Waals surface area contributed by atoms with Crippen molar-refractivity contribution in [2.24, 2.45) is 5.92 Å². The highest BCUT2D eigenvalue weighted by Gasteiger charge is 2.27. The lowest BCUT2D eigenvalue weighted by atomic mass is 10.0. The zero-order chi connectivity index (χ0) is 8.27. The molecule has 2 nitrogen and oxygen atoms in total. The molecule has 0 radical (unpaired) electrons. The van der Waals surface area contributed by atoms with Gasteiger partial charge in [-0.2, -0.15) is 0 Å². The van der Waals surface area contributed by atoms with E-state index in [-0.39, 0.29) is 6.29 Å². The van der Waals surface area contributed by atoms with Gasteiger partial charge in [0.25, 0.3) is 0 Å². The van der Waals surface area contributed by atoms with E-state index in [1.807, 2.05) is 0 Å². The van der Waals surface area contributed by atoms with Gasteiger partial charge in [-0.15, -0.1) is 0 Å². The Kier molecular flexibility index (Phi) is 3.34. The number of hydrogen-bond acceptors (Lipinski definition) is 2. The third-order valence-electron chi connectivity index (χ3n) is 2.38. The van der Waals surface area contributed by atoms with Crippen molar-refractivity contribution in [2.75, 3.05) is 6.61 Å². The molecule has 1 rings (SSSR count). The summed E-state index contributed by atoms with van der Waals surface area (Å²) in [5.41, 5.74) is 0. The first-order valence-electron chi connectivity index (χ1n) is 4.55. The fraction of sp³-hybridized carbons (Fsp3) is 1.00. The molecule has 0 saturated carbocycles. The van der Waals surface area contributed by atoms with Crippen LogP contribution in [0.5, 0.6) is 0 Å². The van der Waals surface area contributed by atoms with Crippen LogP contribution in [0.3, 0.4) is 0 Å². The number of rotatable bonds is 3. The molecule has 0 bridgehead atoms. The molecule has 0 aromatic rings. The quantitative estimate of drug-likeness (QED) is 0.626. The third kappa shape index (κ3) is 2.17. The van der Waals surface area contributed by atoms with E-state index in [2.05, 4.69) is 20.8 Å². The number of hydrogen-bond donors (Lipinski definition) is 0. The summed E-state index contributed by atoms with van der Waals surface area (Å²) in [4.78, 5) is 0. The smallest absolute Gasteiger partial charge is 0.157 e. The molecule has 1 heterocycles. The summed E-state index contributed by atoms with van der Waals surface area (Å²) >= 11 is 0. The second-order valence-electron chi connectivity index (χ2n) is 3.23. The van der Waals surface area contributed by atoms with E-state index in [1.165, 1.54) is 6.42 Å². The van der Waals surface area contributed by atoms with E-state index in [9.17, 15) is 0 Å². The predicted octanol–water partition coefficient (Wildman–Crippen LogP) is 2.18. The monoisotopic (exact) mass is 158 g/mol. The molecule has 0 N–H and O–H groups in total. The van der Waals surface area contributed by atoms with Crippen LogP contribution in [0.4, 0.5) is 0 Å². The zero-order valence-electron chi connectivity index (χ0n) is 7.67. The van der Waals surface area contributed by atoms with Gasteiger partial charge in [-0.3, -0.25) is 0 Å². The normalized spacial score (nSPS) is 34.1. The van der Waals surface area contributed by atoms with E-state index < -0.39 is 0 Å². The van der Waals surface area contributed by atoms with Gasteiger partial charge < -0.3 is 9.47 Å². The predicted molar refractivity (Wildman–Crippen MR) is 44.4 cm³/mol. The second-order valence-corrected chi connectivity index (χ2v) is 3.23. The molecule has 0 aromatic carbocycles. The first-order valence-corrected chi connectivity index (χ1v) is 4.55. The summed E-state index contributed by atoms with van der Waals surface area (Å²) in [6.07, 6.45) is 2.54. The maximum absolute atomic E-state index is 5.64. The van der Waals surface area contributed by atoms with Crippen LogP contribution in [0.1, 0.15) is 33.6 Å². The minimum absolute atomic E-state index is 0.0639. The van der Waals surface area contributed by atoms with Crippen molar-refractivity contribution in [3.8, 4) is 0 Å². The maximum atomic E-state index is 5.64. The van der Waals surface area contributed by atoms with Crippen LogP contribution >= 0.6 is 0 Å². The molecule has 1 aliphatic rings. The van der Waals surface area contributed by atoms with Crippen molar-refractivity contribution in [1.82, 2.24) is 0 Å². The molecule has 1 fully saturated rings. The molecule has 66 valence electrons. The SMILES string of the molecule is CCC1OCC(C(C)CC)O1. The van der Waals surface area contributed by atoms with Gasteiger partial charge in [0.1, 0.15) is 0 Å². The largest absolute Gasteiger partial charge is 0.350 e. The molecule has 3 atom stereocenters. The molecule has 0 aromatic heterocycles. The lowest BCUT2D eigenvalue weighted by Crippen LogP contribution is -2.20. The first kappa shape index (κ1) is 9.01. The highest BCUT2D eigenvalue weighted by atomic mass is 16.7. The van der Waals surface area contributed by atoms with E-state index in [1.54, 1.807) is 0 Å². The van der Waals surface area contributed by atoms with Gasteiger partial charge in [0, 0.05) is 0 Å². The van der Waals surface area contributed by atoms with E-state index in [0.717, 1.165) is 13.0 Å². The van der Waals surface area contributed by atoms with Gasteiger partial charge >= 0.3 is 0 Å². The lowest BCUT2D eigenvalue weighted by molar-refractivity contribution is -0.0667. The number of ether oxygens (including phenoxy) is 2. The molecule has 1 aliphatic heterocycles. The Morgan fingerprint density at radius 1 is 1.45 bits per heavy atom. The average Bonchev–Trinajstić information content (AvgIpc) is 2.50. The van der Waals surface area contributed by atoms with Crippen LogP contribution in [-0.2, 0) is 9.47 Å². The molecule has 0 spiro atoms. The van der Waals surface area contributed by atoms with Crippen LogP contribution in [0, 0.1) is 5.92 Å². The van der Waals surface area contributed by atoms with Gasteiger partial charge in [0.05, 0.1) is 12.7 Å². The van der Waals surface area contributed by atoms with Crippen molar-refractivity contribution in [3.05, 3.63) is 0 Å². The second kappa shape index (κ2) is 4.07. The highest BCUT2D eigenvalue weighted by molar-refractivity contribution is 4.69. The summed E-state index contributed by atoms with van der Waals surface area (Å²) in [5, 5.41) is 0. The molecule has 1 saturated heterocycles. The molecule has 2 heteroatoms. The Bertz CT molecular complexity index is 114. The molecule has 11 heavy (non-hydrogen) atoms. The van der Waals surface area contributed by atoms with E-state index >= 15 is 0 Å². The minimum atomic E-state index is 0.0639. The fourth-order valence-corrected chi connectivity index (χ4v) is 1.25. The summed E-state index contributed by atoms with van der Waals surface area (Å²) in [6, 6.07) is 0. The van der Waals surface area contributed by atoms with Gasteiger partial charge in [0.2, 0.25) is 0 Å². The third-order valence-corrected chi connectivity index (χ3v) is 2.38. The van der Waals surface area contributed by atoms with Crippen LogP contribution in [0.15, 0.2) is 0 Å². The van der Waals surface area contributed by atoms with Gasteiger partial charge in [-0.1, -0.05) is 27.2 Å². The Morgan fingerprint density at radius 3 is 2.64 bits per heavy atom. The van der Waals surface area contributed by atoms with Crippen LogP contribution in [-0.4, -0.2) is 19.0 Å². The van der Waals surface area contributed by atoms with Crippen LogP contribution in [0.2, 0.25) is 0 Å².